The van der Waals surface area contributed by atoms with E-state index in [9.17, 15) is 14.7 Å². The van der Waals surface area contributed by atoms with Gasteiger partial charge >= 0.3 is 0 Å². The van der Waals surface area contributed by atoms with Gasteiger partial charge in [0.15, 0.2) is 0 Å². The highest BCUT2D eigenvalue weighted by atomic mass is 79.9. The van der Waals surface area contributed by atoms with Crippen LogP contribution in [0.2, 0.25) is 0 Å². The summed E-state index contributed by atoms with van der Waals surface area (Å²) in [4.78, 5) is 29.0. The van der Waals surface area contributed by atoms with Gasteiger partial charge < -0.3 is 15.7 Å². The highest BCUT2D eigenvalue weighted by molar-refractivity contribution is 9.10. The maximum atomic E-state index is 12.8. The highest BCUT2D eigenvalue weighted by Gasteiger charge is 2.54. The van der Waals surface area contributed by atoms with Crippen molar-refractivity contribution in [2.45, 2.75) is 56.8 Å². The van der Waals surface area contributed by atoms with Gasteiger partial charge in [-0.1, -0.05) is 0 Å². The molecule has 0 aliphatic heterocycles. The summed E-state index contributed by atoms with van der Waals surface area (Å²) >= 11 is 3.41. The van der Waals surface area contributed by atoms with Gasteiger partial charge in [-0.3, -0.25) is 14.6 Å². The molecular formula is C22H27BrClN5O3. The maximum Gasteiger partial charge on any atom is 0.283 e. The summed E-state index contributed by atoms with van der Waals surface area (Å²) in [5.41, 5.74) is 0.760. The number of aliphatic hydroxyl groups is 1. The van der Waals surface area contributed by atoms with Crippen LogP contribution in [-0.2, 0) is 17.9 Å². The number of amides is 1. The molecule has 6 rings (SSSR count). The van der Waals surface area contributed by atoms with Gasteiger partial charge in [0.05, 0.1) is 17.5 Å². The van der Waals surface area contributed by atoms with Crippen LogP contribution in [0.15, 0.2) is 40.0 Å². The normalized spacial score (nSPS) is 29.9. The molecule has 0 spiro atoms. The van der Waals surface area contributed by atoms with Crippen molar-refractivity contribution in [1.29, 1.82) is 0 Å². The minimum atomic E-state index is -0.489. The topological polar surface area (TPSA) is 109 Å². The van der Waals surface area contributed by atoms with E-state index < -0.39 is 5.60 Å². The van der Waals surface area contributed by atoms with Crippen molar-refractivity contribution in [3.8, 4) is 0 Å². The summed E-state index contributed by atoms with van der Waals surface area (Å²) < 4.78 is 1.55. The predicted octanol–water partition coefficient (Wildman–Crippen LogP) is 2.49. The van der Waals surface area contributed by atoms with E-state index in [1.54, 1.807) is 18.6 Å². The number of carbonyl (C=O) groups is 1. The van der Waals surface area contributed by atoms with Gasteiger partial charge in [-0.2, -0.15) is 5.10 Å². The standard InChI is InChI=1S/C22H26BrN5O3.ClH/c23-19-17(27-20-15-5-14-6-16(20)9-22(31,7-14)8-15)11-26-28(21(19)30)12-18(29)25-10-13-1-3-24-4-2-13;/h1-4,11,14-16,20,27,31H,5-10,12H2,(H,25,29);1H. The quantitative estimate of drug-likeness (QED) is 0.536. The first-order chi connectivity index (χ1) is 14.9. The number of aromatic nitrogens is 3. The van der Waals surface area contributed by atoms with Gasteiger partial charge in [-0.05, 0) is 83.5 Å². The molecule has 4 aliphatic carbocycles. The van der Waals surface area contributed by atoms with Crippen LogP contribution in [0.4, 0.5) is 5.69 Å². The Bertz CT molecular complexity index is 1030. The molecule has 0 saturated heterocycles. The number of rotatable bonds is 6. The monoisotopic (exact) mass is 523 g/mol. The molecule has 1 amide bonds. The molecule has 2 aromatic rings. The zero-order valence-corrected chi connectivity index (χ0v) is 19.9. The van der Waals surface area contributed by atoms with E-state index >= 15 is 0 Å². The van der Waals surface area contributed by atoms with Crippen LogP contribution in [-0.4, -0.2) is 37.4 Å². The molecule has 3 N–H and O–H groups in total. The summed E-state index contributed by atoms with van der Waals surface area (Å²) in [6.45, 7) is 0.223. The van der Waals surface area contributed by atoms with Gasteiger partial charge in [0.1, 0.15) is 11.0 Å². The molecule has 4 bridgehead atoms. The van der Waals surface area contributed by atoms with E-state index in [0.29, 0.717) is 34.5 Å². The lowest BCUT2D eigenvalue weighted by Crippen LogP contribution is -2.59. The van der Waals surface area contributed by atoms with E-state index in [1.165, 1.54) is 0 Å². The average molecular weight is 525 g/mol. The van der Waals surface area contributed by atoms with E-state index in [1.807, 2.05) is 12.1 Å². The van der Waals surface area contributed by atoms with Crippen LogP contribution in [0.1, 0.15) is 37.7 Å². The lowest BCUT2D eigenvalue weighted by atomic mass is 9.52. The molecule has 10 heteroatoms. The fraction of sp³-hybridized carbons (Fsp3) is 0.545. The fourth-order valence-electron chi connectivity index (χ4n) is 5.97. The van der Waals surface area contributed by atoms with Crippen LogP contribution in [0.25, 0.3) is 0 Å². The summed E-state index contributed by atoms with van der Waals surface area (Å²) in [6.07, 6.45) is 9.82. The van der Waals surface area contributed by atoms with Gasteiger partial charge in [0.25, 0.3) is 5.56 Å². The molecule has 2 unspecified atom stereocenters. The molecule has 2 atom stereocenters. The molecule has 172 valence electrons. The van der Waals surface area contributed by atoms with Crippen LogP contribution >= 0.6 is 28.3 Å². The largest absolute Gasteiger partial charge is 0.390 e. The van der Waals surface area contributed by atoms with E-state index in [2.05, 4.69) is 36.6 Å². The van der Waals surface area contributed by atoms with Crippen molar-refractivity contribution >= 4 is 39.9 Å². The van der Waals surface area contributed by atoms with Crippen molar-refractivity contribution in [2.24, 2.45) is 17.8 Å². The van der Waals surface area contributed by atoms with E-state index in [-0.39, 0.29) is 36.5 Å². The Morgan fingerprint density at radius 1 is 1.22 bits per heavy atom. The zero-order chi connectivity index (χ0) is 21.6. The predicted molar refractivity (Wildman–Crippen MR) is 125 cm³/mol. The number of anilines is 1. The van der Waals surface area contributed by atoms with E-state index in [0.717, 1.165) is 42.3 Å². The van der Waals surface area contributed by atoms with Crippen molar-refractivity contribution in [3.63, 3.8) is 0 Å². The lowest BCUT2D eigenvalue weighted by molar-refractivity contribution is -0.129. The van der Waals surface area contributed by atoms with Crippen molar-refractivity contribution in [1.82, 2.24) is 20.1 Å². The Hall–Kier alpha value is -1.97. The molecule has 2 aromatic heterocycles. The van der Waals surface area contributed by atoms with Crippen LogP contribution in [0.5, 0.6) is 0 Å². The second kappa shape index (κ2) is 9.11. The number of hydrogen-bond donors (Lipinski definition) is 3. The van der Waals surface area contributed by atoms with Crippen LogP contribution in [0, 0.1) is 17.8 Å². The Morgan fingerprint density at radius 3 is 2.56 bits per heavy atom. The number of pyridine rings is 1. The molecular weight excluding hydrogens is 498 g/mol. The number of hydrogen-bond acceptors (Lipinski definition) is 6. The van der Waals surface area contributed by atoms with Crippen molar-refractivity contribution in [2.75, 3.05) is 5.32 Å². The van der Waals surface area contributed by atoms with Gasteiger partial charge in [-0.25, -0.2) is 4.68 Å². The van der Waals surface area contributed by atoms with Crippen molar-refractivity contribution in [3.05, 3.63) is 51.1 Å². The SMILES string of the molecule is Cl.O=C(Cn1ncc(NC2C3CC4CC2CC(O)(C4)C3)c(Br)c1=O)NCc1ccncc1. The van der Waals surface area contributed by atoms with Crippen LogP contribution in [0.3, 0.4) is 0 Å². The molecule has 8 nitrogen and oxygen atoms in total. The summed E-state index contributed by atoms with van der Waals surface area (Å²) in [5, 5.41) is 21.3. The average Bonchev–Trinajstić information content (AvgIpc) is 2.73. The molecule has 4 aliphatic rings. The molecule has 4 fully saturated rings. The third kappa shape index (κ3) is 4.56. The molecule has 4 saturated carbocycles. The first-order valence-electron chi connectivity index (χ1n) is 10.8. The molecule has 0 aromatic carbocycles. The molecule has 0 radical (unpaired) electrons. The smallest absolute Gasteiger partial charge is 0.283 e. The van der Waals surface area contributed by atoms with E-state index in [4.69, 9.17) is 0 Å². The third-order valence-electron chi connectivity index (χ3n) is 7.08. The number of nitrogens with one attached hydrogen (secondary N) is 2. The second-order valence-corrected chi connectivity index (χ2v) is 10.1. The van der Waals surface area contributed by atoms with Crippen molar-refractivity contribution < 1.29 is 9.90 Å². The Kier molecular flexibility index (Phi) is 6.61. The van der Waals surface area contributed by atoms with Gasteiger partial charge in [0.2, 0.25) is 5.91 Å². The Morgan fingerprint density at radius 2 is 1.91 bits per heavy atom. The van der Waals surface area contributed by atoms with Crippen LogP contribution < -0.4 is 16.2 Å². The maximum absolute atomic E-state index is 12.8. The summed E-state index contributed by atoms with van der Waals surface area (Å²) in [5.74, 6) is 1.18. The number of carbonyl (C=O) groups excluding carboxylic acids is 1. The highest BCUT2D eigenvalue weighted by Crippen LogP contribution is 2.56. The van der Waals surface area contributed by atoms with Gasteiger partial charge in [-0.15, -0.1) is 12.4 Å². The summed E-state index contributed by atoms with van der Waals surface area (Å²) in [7, 11) is 0. The summed E-state index contributed by atoms with van der Waals surface area (Å²) in [6, 6.07) is 3.89. The zero-order valence-electron chi connectivity index (χ0n) is 17.5. The Labute approximate surface area is 200 Å². The fourth-order valence-corrected chi connectivity index (χ4v) is 6.39. The first kappa shape index (κ1) is 23.2. The molecule has 32 heavy (non-hydrogen) atoms. The lowest BCUT2D eigenvalue weighted by Gasteiger charge is -2.58. The third-order valence-corrected chi connectivity index (χ3v) is 7.85. The van der Waals surface area contributed by atoms with Gasteiger partial charge in [0, 0.05) is 25.0 Å². The number of halogens is 2. The molecule has 2 heterocycles. The minimum Gasteiger partial charge on any atom is -0.390 e. The second-order valence-electron chi connectivity index (χ2n) is 9.33. The minimum absolute atomic E-state index is 0. The number of nitrogens with zero attached hydrogens (tertiary/aromatic N) is 3. The first-order valence-corrected chi connectivity index (χ1v) is 11.6. The Balaban J connectivity index is 0.00000245.